The fraction of sp³-hybridized carbons (Fsp3) is 0.250. The Morgan fingerprint density at radius 1 is 1.26 bits per heavy atom. The molecule has 1 aromatic heterocycles. The fourth-order valence-electron chi connectivity index (χ4n) is 2.19. The van der Waals surface area contributed by atoms with Gasteiger partial charge < -0.3 is 9.84 Å². The minimum absolute atomic E-state index is 0.0629. The van der Waals surface area contributed by atoms with Crippen LogP contribution < -0.4 is 4.74 Å². The van der Waals surface area contributed by atoms with E-state index in [4.69, 9.17) is 4.74 Å². The van der Waals surface area contributed by atoms with Gasteiger partial charge in [-0.1, -0.05) is 6.07 Å². The van der Waals surface area contributed by atoms with E-state index < -0.39 is 20.6 Å². The number of aliphatic carboxylic acids is 1. The first-order valence-corrected chi connectivity index (χ1v) is 8.30. The van der Waals surface area contributed by atoms with Gasteiger partial charge in [-0.25, -0.2) is 8.42 Å². The van der Waals surface area contributed by atoms with E-state index in [1.807, 2.05) is 0 Å². The van der Waals surface area contributed by atoms with Gasteiger partial charge in [0, 0.05) is 18.8 Å². The lowest BCUT2D eigenvalue weighted by Crippen LogP contribution is -2.45. The van der Waals surface area contributed by atoms with Crippen LogP contribution in [0.4, 0.5) is 0 Å². The Balaban J connectivity index is 2.47. The van der Waals surface area contributed by atoms with Crippen molar-refractivity contribution in [2.45, 2.75) is 23.0 Å². The monoisotopic (exact) mass is 335 g/mol. The summed E-state index contributed by atoms with van der Waals surface area (Å²) in [7, 11) is -2.64. The van der Waals surface area contributed by atoms with Crippen LogP contribution in [0.25, 0.3) is 0 Å². The van der Waals surface area contributed by atoms with Crippen molar-refractivity contribution in [3.8, 4) is 5.75 Å². The third kappa shape index (κ3) is 3.19. The van der Waals surface area contributed by atoms with Crippen molar-refractivity contribution in [2.75, 3.05) is 7.11 Å². The quantitative estimate of drug-likeness (QED) is 0.867. The molecule has 1 atom stereocenters. The zero-order chi connectivity index (χ0) is 17.1. The highest BCUT2D eigenvalue weighted by Crippen LogP contribution is 2.30. The van der Waals surface area contributed by atoms with Crippen LogP contribution in [0.5, 0.6) is 5.75 Å². The van der Waals surface area contributed by atoms with E-state index in [1.165, 1.54) is 44.5 Å². The van der Waals surface area contributed by atoms with Crippen molar-refractivity contribution in [1.29, 1.82) is 0 Å². The lowest BCUT2D eigenvalue weighted by atomic mass is 10.0. The number of carboxylic acid groups (broad SMARTS) is 1. The summed E-state index contributed by atoms with van der Waals surface area (Å²) >= 11 is 0. The van der Waals surface area contributed by atoms with Gasteiger partial charge >= 0.3 is 5.97 Å². The molecule has 0 fully saturated rings. The molecule has 0 aliphatic rings. The van der Waals surface area contributed by atoms with Gasteiger partial charge in [-0.05, 0) is 42.8 Å². The molecule has 0 saturated carbocycles. The van der Waals surface area contributed by atoms with E-state index in [0.29, 0.717) is 11.3 Å². The molecule has 1 heterocycles. The normalized spacial score (nSPS) is 14.0. The third-order valence-corrected chi connectivity index (χ3v) is 6.08. The molecule has 2 rings (SSSR count). The minimum atomic E-state index is -4.11. The van der Waals surface area contributed by atoms with Crippen LogP contribution in [0.3, 0.4) is 0 Å². The molecule has 1 aromatic carbocycles. The highest BCUT2D eigenvalue weighted by atomic mass is 32.2. The average molecular weight is 335 g/mol. The Labute approximate surface area is 134 Å². The number of methoxy groups -OCH3 is 1. The molecule has 0 aliphatic carbocycles. The molecular weight excluding hydrogens is 318 g/mol. The van der Waals surface area contributed by atoms with Gasteiger partial charge in [0.25, 0.3) is 0 Å². The van der Waals surface area contributed by atoms with Crippen molar-refractivity contribution in [1.82, 2.24) is 4.98 Å². The highest BCUT2D eigenvalue weighted by Gasteiger charge is 2.47. The molecule has 1 unspecified atom stereocenters. The molecule has 0 bridgehead atoms. The lowest BCUT2D eigenvalue weighted by Gasteiger charge is -2.25. The van der Waals surface area contributed by atoms with E-state index in [2.05, 4.69) is 4.98 Å². The van der Waals surface area contributed by atoms with Crippen molar-refractivity contribution < 1.29 is 23.1 Å². The Morgan fingerprint density at radius 2 is 1.91 bits per heavy atom. The standard InChI is InChI=1S/C16H17NO5S/c1-16(15(18)19,10-12-4-3-9-17-11-12)23(20,21)14-7-5-13(22-2)6-8-14/h3-9,11H,10H2,1-2H3,(H,18,19). The summed E-state index contributed by atoms with van der Waals surface area (Å²) in [6, 6.07) is 8.95. The van der Waals surface area contributed by atoms with E-state index in [1.54, 1.807) is 18.3 Å². The molecule has 6 nitrogen and oxygen atoms in total. The van der Waals surface area contributed by atoms with E-state index in [9.17, 15) is 18.3 Å². The molecular formula is C16H17NO5S. The summed E-state index contributed by atoms with van der Waals surface area (Å²) in [4.78, 5) is 15.6. The molecule has 0 radical (unpaired) electrons. The number of ether oxygens (including phenoxy) is 1. The van der Waals surface area contributed by atoms with Crippen molar-refractivity contribution in [2.24, 2.45) is 0 Å². The molecule has 122 valence electrons. The number of hydrogen-bond donors (Lipinski definition) is 1. The number of carboxylic acids is 1. The minimum Gasteiger partial charge on any atom is -0.497 e. The Kier molecular flexibility index (Phi) is 4.70. The second-order valence-corrected chi connectivity index (χ2v) is 7.63. The lowest BCUT2D eigenvalue weighted by molar-refractivity contribution is -0.139. The maximum atomic E-state index is 12.9. The number of carbonyl (C=O) groups is 1. The topological polar surface area (TPSA) is 93.6 Å². The number of pyridine rings is 1. The Morgan fingerprint density at radius 3 is 2.39 bits per heavy atom. The first-order valence-electron chi connectivity index (χ1n) is 6.82. The van der Waals surface area contributed by atoms with Crippen molar-refractivity contribution in [3.05, 3.63) is 54.4 Å². The molecule has 0 spiro atoms. The van der Waals surface area contributed by atoms with Gasteiger partial charge in [-0.2, -0.15) is 0 Å². The molecule has 0 amide bonds. The second kappa shape index (κ2) is 6.37. The highest BCUT2D eigenvalue weighted by molar-refractivity contribution is 7.93. The van der Waals surface area contributed by atoms with Crippen LogP contribution >= 0.6 is 0 Å². The summed E-state index contributed by atoms with van der Waals surface area (Å²) < 4.78 is 28.7. The molecule has 0 aliphatic heterocycles. The van der Waals surface area contributed by atoms with E-state index in [-0.39, 0.29) is 11.3 Å². The summed E-state index contributed by atoms with van der Waals surface area (Å²) in [5, 5.41) is 9.57. The zero-order valence-electron chi connectivity index (χ0n) is 12.8. The summed E-state index contributed by atoms with van der Waals surface area (Å²) in [5.41, 5.74) is 0.537. The number of hydrogen-bond acceptors (Lipinski definition) is 5. The predicted molar refractivity (Wildman–Crippen MR) is 84.2 cm³/mol. The Bertz CT molecular complexity index is 787. The van der Waals surface area contributed by atoms with Crippen molar-refractivity contribution in [3.63, 3.8) is 0 Å². The van der Waals surface area contributed by atoms with Gasteiger partial charge in [0.2, 0.25) is 0 Å². The zero-order valence-corrected chi connectivity index (χ0v) is 13.6. The van der Waals surface area contributed by atoms with E-state index >= 15 is 0 Å². The van der Waals surface area contributed by atoms with Gasteiger partial charge in [-0.15, -0.1) is 0 Å². The molecule has 0 saturated heterocycles. The van der Waals surface area contributed by atoms with Gasteiger partial charge in [-0.3, -0.25) is 9.78 Å². The number of sulfone groups is 1. The van der Waals surface area contributed by atoms with Crippen molar-refractivity contribution >= 4 is 15.8 Å². The number of rotatable bonds is 6. The largest absolute Gasteiger partial charge is 0.497 e. The Hall–Kier alpha value is -2.41. The van der Waals surface area contributed by atoms with Gasteiger partial charge in [0.05, 0.1) is 12.0 Å². The average Bonchev–Trinajstić information content (AvgIpc) is 2.55. The van der Waals surface area contributed by atoms with Gasteiger partial charge in [0.15, 0.2) is 14.6 Å². The maximum absolute atomic E-state index is 12.9. The second-order valence-electron chi connectivity index (χ2n) is 5.25. The summed E-state index contributed by atoms with van der Waals surface area (Å²) in [5.74, 6) is -0.912. The van der Waals surface area contributed by atoms with Crippen LogP contribution in [0.15, 0.2) is 53.7 Å². The number of nitrogens with zero attached hydrogens (tertiary/aromatic N) is 1. The SMILES string of the molecule is COc1ccc(S(=O)(=O)C(C)(Cc2cccnc2)C(=O)O)cc1. The molecule has 2 aromatic rings. The first kappa shape index (κ1) is 17.0. The first-order chi connectivity index (χ1) is 10.8. The van der Waals surface area contributed by atoms with Crippen LogP contribution in [-0.4, -0.2) is 36.3 Å². The van der Waals surface area contributed by atoms with Crippen LogP contribution in [-0.2, 0) is 21.1 Å². The number of aromatic nitrogens is 1. The summed E-state index contributed by atoms with van der Waals surface area (Å²) in [6.07, 6.45) is 2.83. The van der Waals surface area contributed by atoms with Crippen LogP contribution in [0.1, 0.15) is 12.5 Å². The summed E-state index contributed by atoms with van der Waals surface area (Å²) in [6.45, 7) is 1.21. The molecule has 23 heavy (non-hydrogen) atoms. The smallest absolute Gasteiger partial charge is 0.325 e. The fourth-order valence-corrected chi connectivity index (χ4v) is 3.79. The van der Waals surface area contributed by atoms with E-state index in [0.717, 1.165) is 0 Å². The van der Waals surface area contributed by atoms with Crippen LogP contribution in [0.2, 0.25) is 0 Å². The van der Waals surface area contributed by atoms with Crippen LogP contribution in [0, 0.1) is 0 Å². The third-order valence-electron chi connectivity index (χ3n) is 3.68. The maximum Gasteiger partial charge on any atom is 0.325 e. The molecule has 7 heteroatoms. The molecule has 1 N–H and O–H groups in total. The van der Waals surface area contributed by atoms with Gasteiger partial charge in [0.1, 0.15) is 5.75 Å². The number of benzene rings is 1. The predicted octanol–water partition coefficient (Wildman–Crippen LogP) is 1.95.